The van der Waals surface area contributed by atoms with Crippen LogP contribution in [0.5, 0.6) is 0 Å². The Morgan fingerprint density at radius 2 is 1.52 bits per heavy atom. The van der Waals surface area contributed by atoms with Crippen LogP contribution in [-0.2, 0) is 17.9 Å². The highest BCUT2D eigenvalue weighted by Crippen LogP contribution is 2.32. The van der Waals surface area contributed by atoms with Crippen LogP contribution in [-0.4, -0.2) is 5.91 Å². The SMILES string of the molecule is O=C1Nc2ccccc2/C1=C\Nc1ccc(N2Cc3ccccc3C2)cc1. The fourth-order valence-electron chi connectivity index (χ4n) is 3.72. The van der Waals surface area contributed by atoms with Gasteiger partial charge in [0.25, 0.3) is 5.91 Å². The Hall–Kier alpha value is -3.53. The van der Waals surface area contributed by atoms with Crippen molar-refractivity contribution in [2.45, 2.75) is 13.1 Å². The van der Waals surface area contributed by atoms with E-state index < -0.39 is 0 Å². The summed E-state index contributed by atoms with van der Waals surface area (Å²) >= 11 is 0. The lowest BCUT2D eigenvalue weighted by molar-refractivity contribution is -0.110. The van der Waals surface area contributed by atoms with Gasteiger partial charge in [0.15, 0.2) is 0 Å². The summed E-state index contributed by atoms with van der Waals surface area (Å²) < 4.78 is 0. The molecule has 0 radical (unpaired) electrons. The van der Waals surface area contributed by atoms with Gasteiger partial charge in [0.1, 0.15) is 0 Å². The summed E-state index contributed by atoms with van der Waals surface area (Å²) in [6, 6.07) is 24.7. The van der Waals surface area contributed by atoms with Gasteiger partial charge in [-0.3, -0.25) is 4.79 Å². The first kappa shape index (κ1) is 15.7. The standard InChI is InChI=1S/C23H19N3O/c27-23-21(20-7-3-4-8-22(20)25-23)13-24-18-9-11-19(12-10-18)26-14-16-5-1-2-6-17(16)15-26/h1-13,24H,14-15H2,(H,25,27)/b21-13+. The zero-order valence-electron chi connectivity index (χ0n) is 14.8. The molecule has 0 saturated heterocycles. The quantitative estimate of drug-likeness (QED) is 0.676. The Balaban J connectivity index is 1.31. The van der Waals surface area contributed by atoms with Crippen molar-refractivity contribution in [3.05, 3.63) is 95.7 Å². The van der Waals surface area contributed by atoms with Gasteiger partial charge in [0, 0.05) is 41.9 Å². The predicted molar refractivity (Wildman–Crippen MR) is 109 cm³/mol. The number of nitrogens with zero attached hydrogens (tertiary/aromatic N) is 1. The van der Waals surface area contributed by atoms with E-state index in [0.29, 0.717) is 5.57 Å². The number of hydrogen-bond donors (Lipinski definition) is 2. The van der Waals surface area contributed by atoms with Gasteiger partial charge >= 0.3 is 0 Å². The molecule has 5 rings (SSSR count). The van der Waals surface area contributed by atoms with Crippen LogP contribution in [0.4, 0.5) is 17.1 Å². The Morgan fingerprint density at radius 3 is 2.26 bits per heavy atom. The number of hydrogen-bond acceptors (Lipinski definition) is 3. The van der Waals surface area contributed by atoms with Gasteiger partial charge in [-0.1, -0.05) is 42.5 Å². The van der Waals surface area contributed by atoms with Gasteiger partial charge in [0.05, 0.1) is 5.57 Å². The first-order valence-corrected chi connectivity index (χ1v) is 9.07. The lowest BCUT2D eigenvalue weighted by Crippen LogP contribution is -2.14. The van der Waals surface area contributed by atoms with Gasteiger partial charge < -0.3 is 15.5 Å². The van der Waals surface area contributed by atoms with Crippen LogP contribution in [0.15, 0.2) is 79.0 Å². The van der Waals surface area contributed by atoms with E-state index in [1.54, 1.807) is 6.20 Å². The Morgan fingerprint density at radius 1 is 0.852 bits per heavy atom. The maximum Gasteiger partial charge on any atom is 0.257 e. The molecular weight excluding hydrogens is 334 g/mol. The minimum absolute atomic E-state index is 0.0739. The molecule has 2 aliphatic heterocycles. The molecular formula is C23H19N3O. The predicted octanol–water partition coefficient (Wildman–Crippen LogP) is 4.61. The highest BCUT2D eigenvalue weighted by molar-refractivity contribution is 6.31. The third-order valence-electron chi connectivity index (χ3n) is 5.17. The summed E-state index contributed by atoms with van der Waals surface area (Å²) in [5, 5.41) is 6.14. The average molecular weight is 353 g/mol. The number of anilines is 3. The first-order valence-electron chi connectivity index (χ1n) is 9.07. The number of carbonyl (C=O) groups is 1. The van der Waals surface area contributed by atoms with Crippen LogP contribution in [0.1, 0.15) is 16.7 Å². The topological polar surface area (TPSA) is 44.4 Å². The fourth-order valence-corrected chi connectivity index (χ4v) is 3.72. The number of benzene rings is 3. The van der Waals surface area contributed by atoms with Crippen molar-refractivity contribution >= 4 is 28.5 Å². The summed E-state index contributed by atoms with van der Waals surface area (Å²) in [4.78, 5) is 14.5. The van der Waals surface area contributed by atoms with E-state index in [-0.39, 0.29) is 5.91 Å². The van der Waals surface area contributed by atoms with E-state index in [4.69, 9.17) is 0 Å². The average Bonchev–Trinajstić information content (AvgIpc) is 3.27. The van der Waals surface area contributed by atoms with E-state index in [9.17, 15) is 4.79 Å². The molecule has 132 valence electrons. The molecule has 2 heterocycles. The Bertz CT molecular complexity index is 1030. The lowest BCUT2D eigenvalue weighted by Gasteiger charge is -2.18. The van der Waals surface area contributed by atoms with Crippen molar-refractivity contribution in [1.29, 1.82) is 0 Å². The zero-order chi connectivity index (χ0) is 18.2. The van der Waals surface area contributed by atoms with Crippen LogP contribution in [0, 0.1) is 0 Å². The molecule has 0 spiro atoms. The smallest absolute Gasteiger partial charge is 0.257 e. The van der Waals surface area contributed by atoms with Crippen LogP contribution in [0.2, 0.25) is 0 Å². The maximum atomic E-state index is 12.2. The molecule has 2 aliphatic rings. The molecule has 0 aliphatic carbocycles. The van der Waals surface area contributed by atoms with Crippen LogP contribution >= 0.6 is 0 Å². The van der Waals surface area contributed by atoms with Crippen molar-refractivity contribution in [3.8, 4) is 0 Å². The van der Waals surface area contributed by atoms with Crippen molar-refractivity contribution in [1.82, 2.24) is 0 Å². The molecule has 27 heavy (non-hydrogen) atoms. The minimum Gasteiger partial charge on any atom is -0.363 e. The second-order valence-corrected chi connectivity index (χ2v) is 6.87. The summed E-state index contributed by atoms with van der Waals surface area (Å²) in [7, 11) is 0. The molecule has 0 saturated carbocycles. The van der Waals surface area contributed by atoms with Crippen molar-refractivity contribution in [2.24, 2.45) is 0 Å². The maximum absolute atomic E-state index is 12.2. The van der Waals surface area contributed by atoms with Crippen LogP contribution < -0.4 is 15.5 Å². The molecule has 0 aromatic heterocycles. The van der Waals surface area contributed by atoms with E-state index >= 15 is 0 Å². The highest BCUT2D eigenvalue weighted by atomic mass is 16.2. The normalized spacial score (nSPS) is 16.2. The summed E-state index contributed by atoms with van der Waals surface area (Å²) in [5.74, 6) is -0.0739. The van der Waals surface area contributed by atoms with Crippen molar-refractivity contribution in [3.63, 3.8) is 0 Å². The number of nitrogens with one attached hydrogen (secondary N) is 2. The van der Waals surface area contributed by atoms with Gasteiger partial charge in [0.2, 0.25) is 0 Å². The molecule has 0 unspecified atom stereocenters. The third-order valence-corrected chi connectivity index (χ3v) is 5.17. The van der Waals surface area contributed by atoms with E-state index in [0.717, 1.165) is 30.0 Å². The minimum atomic E-state index is -0.0739. The van der Waals surface area contributed by atoms with E-state index in [1.165, 1.54) is 16.8 Å². The molecule has 4 heteroatoms. The molecule has 0 atom stereocenters. The van der Waals surface area contributed by atoms with Crippen LogP contribution in [0.3, 0.4) is 0 Å². The molecule has 3 aromatic rings. The molecule has 2 N–H and O–H groups in total. The highest BCUT2D eigenvalue weighted by Gasteiger charge is 2.23. The summed E-state index contributed by atoms with van der Waals surface area (Å²) in [6.45, 7) is 1.90. The summed E-state index contributed by atoms with van der Waals surface area (Å²) in [5.41, 5.74) is 7.41. The number of para-hydroxylation sites is 1. The van der Waals surface area contributed by atoms with Gasteiger partial charge in [-0.25, -0.2) is 0 Å². The summed E-state index contributed by atoms with van der Waals surface area (Å²) in [6.07, 6.45) is 1.78. The van der Waals surface area contributed by atoms with Gasteiger partial charge in [-0.2, -0.15) is 0 Å². The third kappa shape index (κ3) is 2.85. The van der Waals surface area contributed by atoms with E-state index in [2.05, 4.69) is 51.9 Å². The lowest BCUT2D eigenvalue weighted by atomic mass is 10.1. The van der Waals surface area contributed by atoms with E-state index in [1.807, 2.05) is 36.4 Å². The molecule has 4 nitrogen and oxygen atoms in total. The number of fused-ring (bicyclic) bond motifs is 2. The fraction of sp³-hybridized carbons (Fsp3) is 0.0870. The first-order chi connectivity index (χ1) is 13.3. The van der Waals surface area contributed by atoms with Gasteiger partial charge in [-0.15, -0.1) is 0 Å². The number of carbonyl (C=O) groups excluding carboxylic acids is 1. The molecule has 3 aromatic carbocycles. The van der Waals surface area contributed by atoms with Gasteiger partial charge in [-0.05, 0) is 41.5 Å². The second kappa shape index (κ2) is 6.32. The Kier molecular flexibility index (Phi) is 3.68. The molecule has 0 bridgehead atoms. The molecule has 0 fully saturated rings. The Labute approximate surface area is 158 Å². The largest absolute Gasteiger partial charge is 0.363 e. The van der Waals surface area contributed by atoms with Crippen molar-refractivity contribution in [2.75, 3.05) is 15.5 Å². The van der Waals surface area contributed by atoms with Crippen LogP contribution in [0.25, 0.3) is 5.57 Å². The number of rotatable bonds is 3. The number of amides is 1. The van der Waals surface area contributed by atoms with Crippen molar-refractivity contribution < 1.29 is 4.79 Å². The monoisotopic (exact) mass is 353 g/mol. The zero-order valence-corrected chi connectivity index (χ0v) is 14.8. The molecule has 1 amide bonds. The second-order valence-electron chi connectivity index (χ2n) is 6.87.